The molecule has 2 aromatic carbocycles. The summed E-state index contributed by atoms with van der Waals surface area (Å²) in [6.07, 6.45) is 11.1. The van der Waals surface area contributed by atoms with Gasteiger partial charge in [0, 0.05) is 34.2 Å². The Morgan fingerprint density at radius 2 is 1.83 bits per heavy atom. The van der Waals surface area contributed by atoms with Crippen molar-refractivity contribution in [3.63, 3.8) is 0 Å². The number of carbonyl (C=O) groups is 2. The molecule has 0 unspecified atom stereocenters. The number of sulfonamides is 1. The van der Waals surface area contributed by atoms with Crippen LogP contribution >= 0.6 is 23.2 Å². The molecule has 41 heavy (non-hydrogen) atoms. The van der Waals surface area contributed by atoms with Crippen LogP contribution in [-0.4, -0.2) is 50.0 Å². The molecule has 218 valence electrons. The number of allylic oxidation sites excluding steroid dienone is 4. The van der Waals surface area contributed by atoms with E-state index in [9.17, 15) is 18.0 Å². The first kappa shape index (κ1) is 31.0. The normalized spacial score (nSPS) is 23.4. The van der Waals surface area contributed by atoms with E-state index in [1.54, 1.807) is 53.5 Å². The van der Waals surface area contributed by atoms with Crippen LogP contribution in [0, 0.1) is 0 Å². The van der Waals surface area contributed by atoms with Gasteiger partial charge in [0.15, 0.2) is 0 Å². The lowest BCUT2D eigenvalue weighted by Gasteiger charge is -2.49. The highest BCUT2D eigenvalue weighted by molar-refractivity contribution is 7.88. The molecule has 4 atom stereocenters. The number of rotatable bonds is 9. The number of nitrogens with zero attached hydrogens (tertiary/aromatic N) is 1. The Morgan fingerprint density at radius 1 is 1.10 bits per heavy atom. The number of fused-ring (bicyclic) bond motifs is 1. The van der Waals surface area contributed by atoms with Crippen LogP contribution in [0.4, 0.5) is 0 Å². The Kier molecular flexibility index (Phi) is 10.1. The highest BCUT2D eigenvalue weighted by Crippen LogP contribution is 2.47. The molecular formula is C31H35Cl2N3O4S. The zero-order valence-electron chi connectivity index (χ0n) is 23.1. The van der Waals surface area contributed by atoms with E-state index < -0.39 is 34.1 Å². The minimum absolute atomic E-state index is 0.265. The first-order valence-corrected chi connectivity index (χ1v) is 16.2. The van der Waals surface area contributed by atoms with Crippen molar-refractivity contribution < 1.29 is 18.0 Å². The SMILES string of the molecule is C=C/C=C\C=C(/C)CNC(=O)[C@@H]1c2ccccc2C(=O)N([C@H]2CCCC[C@@H]2NS(C)(=O)=O)[C@H]1c1ccc(Cl)cc1Cl. The van der Waals surface area contributed by atoms with Gasteiger partial charge in [0.25, 0.3) is 5.91 Å². The van der Waals surface area contributed by atoms with Crippen LogP contribution in [0.1, 0.15) is 66.1 Å². The van der Waals surface area contributed by atoms with Gasteiger partial charge in [-0.05, 0) is 49.1 Å². The molecule has 2 aliphatic rings. The molecule has 7 nitrogen and oxygen atoms in total. The number of nitrogens with one attached hydrogen (secondary N) is 2. The molecule has 0 aromatic heterocycles. The molecule has 0 spiro atoms. The second-order valence-electron chi connectivity index (χ2n) is 10.6. The molecule has 1 aliphatic heterocycles. The summed E-state index contributed by atoms with van der Waals surface area (Å²) < 4.78 is 27.4. The topological polar surface area (TPSA) is 95.6 Å². The predicted octanol–water partition coefficient (Wildman–Crippen LogP) is 5.94. The van der Waals surface area contributed by atoms with E-state index in [0.717, 1.165) is 24.7 Å². The lowest BCUT2D eigenvalue weighted by atomic mass is 9.76. The molecule has 0 radical (unpaired) electrons. The van der Waals surface area contributed by atoms with Gasteiger partial charge in [-0.25, -0.2) is 13.1 Å². The van der Waals surface area contributed by atoms with Gasteiger partial charge < -0.3 is 10.2 Å². The van der Waals surface area contributed by atoms with Crippen LogP contribution in [0.3, 0.4) is 0 Å². The molecule has 1 fully saturated rings. The second kappa shape index (κ2) is 13.4. The monoisotopic (exact) mass is 615 g/mol. The molecule has 4 rings (SSSR count). The number of hydrogen-bond donors (Lipinski definition) is 2. The zero-order chi connectivity index (χ0) is 29.7. The molecule has 10 heteroatoms. The van der Waals surface area contributed by atoms with Crippen molar-refractivity contribution >= 4 is 45.0 Å². The molecule has 2 amide bonds. The summed E-state index contributed by atoms with van der Waals surface area (Å²) >= 11 is 13.0. The second-order valence-corrected chi connectivity index (χ2v) is 13.2. The minimum Gasteiger partial charge on any atom is -0.352 e. The van der Waals surface area contributed by atoms with Gasteiger partial charge in [0.05, 0.1) is 18.2 Å². The first-order chi connectivity index (χ1) is 19.5. The number of amides is 2. The molecule has 1 heterocycles. The molecule has 1 aliphatic carbocycles. The lowest BCUT2D eigenvalue weighted by Crippen LogP contribution is -2.59. The smallest absolute Gasteiger partial charge is 0.255 e. The third-order valence-corrected chi connectivity index (χ3v) is 8.85. The van der Waals surface area contributed by atoms with E-state index in [0.29, 0.717) is 46.1 Å². The van der Waals surface area contributed by atoms with Crippen LogP contribution in [0.25, 0.3) is 0 Å². The summed E-state index contributed by atoms with van der Waals surface area (Å²) in [5.74, 6) is -1.34. The number of hydrogen-bond acceptors (Lipinski definition) is 4. The van der Waals surface area contributed by atoms with Crippen LogP contribution in [0.15, 0.2) is 78.9 Å². The highest BCUT2D eigenvalue weighted by Gasteiger charge is 2.49. The van der Waals surface area contributed by atoms with E-state index in [1.165, 1.54) is 0 Å². The van der Waals surface area contributed by atoms with Gasteiger partial charge in [0.1, 0.15) is 0 Å². The van der Waals surface area contributed by atoms with E-state index in [2.05, 4.69) is 16.6 Å². The zero-order valence-corrected chi connectivity index (χ0v) is 25.5. The maximum Gasteiger partial charge on any atom is 0.255 e. The van der Waals surface area contributed by atoms with Gasteiger partial charge in [0.2, 0.25) is 15.9 Å². The maximum atomic E-state index is 14.3. The number of halogens is 2. The van der Waals surface area contributed by atoms with Crippen molar-refractivity contribution in [3.8, 4) is 0 Å². The Morgan fingerprint density at radius 3 is 2.54 bits per heavy atom. The fraction of sp³-hybridized carbons (Fsp3) is 0.355. The molecule has 2 aromatic rings. The van der Waals surface area contributed by atoms with Crippen LogP contribution in [0.2, 0.25) is 10.0 Å². The van der Waals surface area contributed by atoms with Crippen molar-refractivity contribution in [3.05, 3.63) is 106 Å². The third-order valence-electron chi connectivity index (χ3n) is 7.56. The summed E-state index contributed by atoms with van der Waals surface area (Å²) in [4.78, 5) is 30.1. The van der Waals surface area contributed by atoms with Crippen molar-refractivity contribution in [1.82, 2.24) is 14.9 Å². The molecule has 0 bridgehead atoms. The Labute approximate surface area is 252 Å². The van der Waals surface area contributed by atoms with Crippen molar-refractivity contribution in [1.29, 1.82) is 0 Å². The summed E-state index contributed by atoms with van der Waals surface area (Å²) in [7, 11) is -3.56. The van der Waals surface area contributed by atoms with Gasteiger partial charge in [-0.1, -0.05) is 96.8 Å². The fourth-order valence-electron chi connectivity index (χ4n) is 5.82. The van der Waals surface area contributed by atoms with E-state index in [-0.39, 0.29) is 11.8 Å². The van der Waals surface area contributed by atoms with E-state index in [4.69, 9.17) is 23.2 Å². The van der Waals surface area contributed by atoms with Crippen molar-refractivity contribution in [2.45, 2.75) is 56.7 Å². The van der Waals surface area contributed by atoms with E-state index >= 15 is 0 Å². The molecule has 1 saturated carbocycles. The van der Waals surface area contributed by atoms with Gasteiger partial charge in [-0.2, -0.15) is 0 Å². The molecule has 2 N–H and O–H groups in total. The lowest BCUT2D eigenvalue weighted by molar-refractivity contribution is -0.124. The predicted molar refractivity (Wildman–Crippen MR) is 165 cm³/mol. The number of carbonyl (C=O) groups excluding carboxylic acids is 2. The van der Waals surface area contributed by atoms with Gasteiger partial charge >= 0.3 is 0 Å². The average molecular weight is 617 g/mol. The minimum atomic E-state index is -3.56. The van der Waals surface area contributed by atoms with Gasteiger partial charge in [-0.15, -0.1) is 0 Å². The maximum absolute atomic E-state index is 14.3. The number of benzene rings is 2. The summed E-state index contributed by atoms with van der Waals surface area (Å²) in [5.41, 5.74) is 2.51. The van der Waals surface area contributed by atoms with Crippen LogP contribution in [0.5, 0.6) is 0 Å². The van der Waals surface area contributed by atoms with Crippen molar-refractivity contribution in [2.24, 2.45) is 0 Å². The molecular weight excluding hydrogens is 581 g/mol. The summed E-state index contributed by atoms with van der Waals surface area (Å²) in [6, 6.07) is 10.3. The third kappa shape index (κ3) is 7.30. The fourth-order valence-corrected chi connectivity index (χ4v) is 7.17. The first-order valence-electron chi connectivity index (χ1n) is 13.6. The Hall–Kier alpha value is -2.91. The van der Waals surface area contributed by atoms with Crippen LogP contribution < -0.4 is 10.0 Å². The largest absolute Gasteiger partial charge is 0.352 e. The van der Waals surface area contributed by atoms with E-state index in [1.807, 2.05) is 25.1 Å². The van der Waals surface area contributed by atoms with Crippen LogP contribution in [-0.2, 0) is 14.8 Å². The Bertz CT molecular complexity index is 1490. The molecule has 0 saturated heterocycles. The highest BCUT2D eigenvalue weighted by atomic mass is 35.5. The average Bonchev–Trinajstić information content (AvgIpc) is 2.92. The van der Waals surface area contributed by atoms with Gasteiger partial charge in [-0.3, -0.25) is 9.59 Å². The summed E-state index contributed by atoms with van der Waals surface area (Å²) in [6.45, 7) is 5.88. The van der Waals surface area contributed by atoms with Crippen molar-refractivity contribution in [2.75, 3.05) is 12.8 Å². The quantitative estimate of drug-likeness (QED) is 0.341. The Balaban J connectivity index is 1.86. The summed E-state index contributed by atoms with van der Waals surface area (Å²) in [5, 5.41) is 3.81. The standard InChI is InChI=1S/C31H35Cl2N3O4S/c1-4-5-6-11-20(2)19-34-30(37)28-22-12-7-8-13-23(22)31(38)36(29(28)24-17-16-21(32)18-25(24)33)27-15-10-9-14-26(27)35-41(3,39)40/h4-8,11-13,16-18,26-29,35H,1,9-10,14-15,19H2,2-3H3,(H,34,37)/b6-5-,20-11+/t26-,27-,28+,29-/m0/s1.